The Balaban J connectivity index is 0.000000895. The molecule has 0 heterocycles. The second-order valence-corrected chi connectivity index (χ2v) is 11.8. The Morgan fingerprint density at radius 3 is 2.24 bits per heavy atom. The number of rotatable bonds is 6. The van der Waals surface area contributed by atoms with Crippen LogP contribution in [0.5, 0.6) is 0 Å². The van der Waals surface area contributed by atoms with Crippen LogP contribution in [0.2, 0.25) is 0 Å². The third-order valence-corrected chi connectivity index (χ3v) is 10.2. The Morgan fingerprint density at radius 2 is 1.56 bits per heavy atom. The van der Waals surface area contributed by atoms with Crippen molar-refractivity contribution in [3.8, 4) is 0 Å². The number of nitrogens with two attached hydrogens (primary N) is 1. The summed E-state index contributed by atoms with van der Waals surface area (Å²) in [6.45, 7) is 19.7. The minimum absolute atomic E-state index is 0. The lowest BCUT2D eigenvalue weighted by molar-refractivity contribution is -0.106. The summed E-state index contributed by atoms with van der Waals surface area (Å²) in [6.07, 6.45) is 16.2. The number of nitrogens with one attached hydrogen (secondary N) is 1. The molecule has 0 saturated heterocycles. The van der Waals surface area contributed by atoms with Crippen LogP contribution in [-0.4, -0.2) is 31.9 Å². The zero-order valence-electron chi connectivity index (χ0n) is 23.5. The van der Waals surface area contributed by atoms with Crippen LogP contribution in [0.4, 0.5) is 0 Å². The standard InChI is InChI=1S/C26H46N2.C2H7N.C2H6.CH4/c1-5-16-27-17-18-28-19(2)22-11-12-23-21-10-9-20-8-6-7-14-25(20,3)24(21)13-15-26(22,23)4;1-2-3;1-2;/h20-24,27H,5-18H2,1-4H3;2-3H2,1H3;1-2H3;1H4. The Kier molecular flexibility index (Phi) is 13.9. The van der Waals surface area contributed by atoms with Gasteiger partial charge in [-0.25, -0.2) is 0 Å². The van der Waals surface area contributed by atoms with E-state index < -0.39 is 0 Å². The minimum Gasteiger partial charge on any atom is -0.331 e. The Bertz CT molecular complexity index is 587. The van der Waals surface area contributed by atoms with Gasteiger partial charge < -0.3 is 11.1 Å². The van der Waals surface area contributed by atoms with E-state index in [-0.39, 0.29) is 7.43 Å². The van der Waals surface area contributed by atoms with E-state index in [4.69, 9.17) is 10.7 Å². The van der Waals surface area contributed by atoms with Gasteiger partial charge in [0.15, 0.2) is 0 Å². The fraction of sp³-hybridized carbons (Fsp3) is 0.968. The molecule has 0 aromatic carbocycles. The lowest BCUT2D eigenvalue weighted by atomic mass is 9.45. The molecule has 4 fully saturated rings. The van der Waals surface area contributed by atoms with E-state index in [1.807, 2.05) is 20.8 Å². The van der Waals surface area contributed by atoms with Gasteiger partial charge in [-0.3, -0.25) is 4.99 Å². The molecule has 3 heteroatoms. The molecule has 0 aliphatic heterocycles. The summed E-state index contributed by atoms with van der Waals surface area (Å²) in [5.74, 6) is 4.81. The number of hydrogen-bond acceptors (Lipinski definition) is 3. The maximum atomic E-state index is 5.05. The third kappa shape index (κ3) is 6.67. The Labute approximate surface area is 214 Å². The molecular formula is C31H63N3. The van der Waals surface area contributed by atoms with E-state index >= 15 is 0 Å². The number of aliphatic imine (C=N–C) groups is 1. The summed E-state index contributed by atoms with van der Waals surface area (Å²) in [7, 11) is 0. The molecule has 3 N–H and O–H groups in total. The van der Waals surface area contributed by atoms with E-state index in [9.17, 15) is 0 Å². The van der Waals surface area contributed by atoms with E-state index in [1.165, 1.54) is 76.3 Å². The van der Waals surface area contributed by atoms with Crippen LogP contribution >= 0.6 is 0 Å². The summed E-state index contributed by atoms with van der Waals surface area (Å²) in [6, 6.07) is 0. The van der Waals surface area contributed by atoms with Gasteiger partial charge in [0.05, 0.1) is 6.54 Å². The van der Waals surface area contributed by atoms with E-state index in [0.29, 0.717) is 10.8 Å². The SMILES string of the molecule is C.CC.CCCNCCN=C(C)C1CCC2C3CCC4CCCCC4(C)C3CCC12C.CCN. The summed E-state index contributed by atoms with van der Waals surface area (Å²) in [4.78, 5) is 5.05. The molecular weight excluding hydrogens is 414 g/mol. The second-order valence-electron chi connectivity index (χ2n) is 11.8. The molecule has 0 bridgehead atoms. The van der Waals surface area contributed by atoms with Gasteiger partial charge >= 0.3 is 0 Å². The molecule has 0 radical (unpaired) electrons. The van der Waals surface area contributed by atoms with Gasteiger partial charge in [0.1, 0.15) is 0 Å². The van der Waals surface area contributed by atoms with Crippen LogP contribution in [0.15, 0.2) is 4.99 Å². The van der Waals surface area contributed by atoms with Crippen LogP contribution in [0.1, 0.15) is 127 Å². The number of nitrogens with zero attached hydrogens (tertiary/aromatic N) is 1. The topological polar surface area (TPSA) is 50.4 Å². The summed E-state index contributed by atoms with van der Waals surface area (Å²) in [5, 5.41) is 3.51. The highest BCUT2D eigenvalue weighted by atomic mass is 14.9. The van der Waals surface area contributed by atoms with Gasteiger partial charge in [-0.2, -0.15) is 0 Å². The molecule has 0 amide bonds. The lowest BCUT2D eigenvalue weighted by Crippen LogP contribution is -2.53. The Hall–Kier alpha value is -0.410. The average molecular weight is 478 g/mol. The maximum absolute atomic E-state index is 5.05. The van der Waals surface area contributed by atoms with Gasteiger partial charge in [0.2, 0.25) is 0 Å². The molecule has 3 nitrogen and oxygen atoms in total. The third-order valence-electron chi connectivity index (χ3n) is 10.2. The van der Waals surface area contributed by atoms with Gasteiger partial charge in [-0.05, 0) is 112 Å². The molecule has 0 spiro atoms. The van der Waals surface area contributed by atoms with Crippen LogP contribution in [-0.2, 0) is 0 Å². The van der Waals surface area contributed by atoms with E-state index in [1.54, 1.807) is 0 Å². The molecule has 202 valence electrons. The molecule has 4 saturated carbocycles. The predicted molar refractivity (Wildman–Crippen MR) is 154 cm³/mol. The Morgan fingerprint density at radius 1 is 0.882 bits per heavy atom. The first kappa shape index (κ1) is 31.6. The predicted octanol–water partition coefficient (Wildman–Crippen LogP) is 8.12. The normalized spacial score (nSPS) is 38.6. The molecule has 34 heavy (non-hydrogen) atoms. The highest BCUT2D eigenvalue weighted by Crippen LogP contribution is 2.67. The highest BCUT2D eigenvalue weighted by molar-refractivity contribution is 5.85. The molecule has 0 aromatic heterocycles. The summed E-state index contributed by atoms with van der Waals surface area (Å²) < 4.78 is 0. The smallest absolute Gasteiger partial charge is 0.0513 e. The fourth-order valence-electron chi connectivity index (χ4n) is 8.70. The van der Waals surface area contributed by atoms with Crippen molar-refractivity contribution in [2.24, 2.45) is 51.1 Å². The number of hydrogen-bond donors (Lipinski definition) is 2. The van der Waals surface area contributed by atoms with Gasteiger partial charge in [-0.1, -0.05) is 61.8 Å². The van der Waals surface area contributed by atoms with Crippen LogP contribution < -0.4 is 11.1 Å². The number of fused-ring (bicyclic) bond motifs is 5. The van der Waals surface area contributed by atoms with Crippen molar-refractivity contribution < 1.29 is 0 Å². The van der Waals surface area contributed by atoms with Crippen molar-refractivity contribution >= 4 is 5.71 Å². The molecule has 7 unspecified atom stereocenters. The van der Waals surface area contributed by atoms with Crippen molar-refractivity contribution in [2.75, 3.05) is 26.2 Å². The second kappa shape index (κ2) is 15.0. The van der Waals surface area contributed by atoms with Crippen molar-refractivity contribution in [1.29, 1.82) is 0 Å². The first-order valence-corrected chi connectivity index (χ1v) is 14.8. The summed E-state index contributed by atoms with van der Waals surface area (Å²) >= 11 is 0. The minimum atomic E-state index is 0. The zero-order chi connectivity index (χ0) is 24.5. The monoisotopic (exact) mass is 478 g/mol. The highest BCUT2D eigenvalue weighted by Gasteiger charge is 2.59. The lowest BCUT2D eigenvalue weighted by Gasteiger charge is -2.60. The van der Waals surface area contributed by atoms with Crippen molar-refractivity contribution in [3.63, 3.8) is 0 Å². The van der Waals surface area contributed by atoms with Crippen LogP contribution in [0.3, 0.4) is 0 Å². The molecule has 4 rings (SSSR count). The fourth-order valence-corrected chi connectivity index (χ4v) is 8.70. The molecule has 4 aliphatic carbocycles. The summed E-state index contributed by atoms with van der Waals surface area (Å²) in [5.41, 5.74) is 7.53. The van der Waals surface area contributed by atoms with E-state index in [0.717, 1.165) is 55.8 Å². The van der Waals surface area contributed by atoms with Gasteiger partial charge in [0.25, 0.3) is 0 Å². The van der Waals surface area contributed by atoms with Crippen LogP contribution in [0.25, 0.3) is 0 Å². The molecule has 7 atom stereocenters. The first-order chi connectivity index (χ1) is 15.9. The van der Waals surface area contributed by atoms with Gasteiger partial charge in [0, 0.05) is 18.2 Å². The maximum Gasteiger partial charge on any atom is 0.0513 e. The average Bonchev–Trinajstić information content (AvgIpc) is 3.17. The molecule has 0 aromatic rings. The van der Waals surface area contributed by atoms with Crippen molar-refractivity contribution in [3.05, 3.63) is 0 Å². The van der Waals surface area contributed by atoms with Crippen molar-refractivity contribution in [2.45, 2.75) is 127 Å². The van der Waals surface area contributed by atoms with Gasteiger partial charge in [-0.15, -0.1) is 0 Å². The zero-order valence-corrected chi connectivity index (χ0v) is 23.5. The van der Waals surface area contributed by atoms with Crippen molar-refractivity contribution in [1.82, 2.24) is 5.32 Å². The first-order valence-electron chi connectivity index (χ1n) is 14.8. The quantitative estimate of drug-likeness (QED) is 0.300. The molecule has 4 aliphatic rings. The van der Waals surface area contributed by atoms with E-state index in [2.05, 4.69) is 33.0 Å². The van der Waals surface area contributed by atoms with Crippen LogP contribution in [0, 0.1) is 40.4 Å². The largest absolute Gasteiger partial charge is 0.331 e.